The third-order valence-corrected chi connectivity index (χ3v) is 5.73. The number of hydrogen-bond donors (Lipinski definition) is 1. The molecule has 0 spiro atoms. The Labute approximate surface area is 201 Å². The maximum Gasteiger partial charge on any atom is 0.306 e. The number of morpholine rings is 1. The van der Waals surface area contributed by atoms with E-state index in [2.05, 4.69) is 0 Å². The lowest BCUT2D eigenvalue weighted by Crippen LogP contribution is -2.55. The fourth-order valence-electron chi connectivity index (χ4n) is 3.96. The minimum Gasteiger partial charge on any atom is -0.494 e. The number of carbonyl (C=O) groups is 2. The smallest absolute Gasteiger partial charge is 0.306 e. The minimum absolute atomic E-state index is 0.0511. The second-order valence-corrected chi connectivity index (χ2v) is 9.54. The molecule has 2 heterocycles. The summed E-state index contributed by atoms with van der Waals surface area (Å²) in [6.07, 6.45) is 0.236. The lowest BCUT2D eigenvalue weighted by Gasteiger charge is -2.36. The SMILES string of the molecule is C[C@H]1OC(c2ccc(OCCCO)cc2)=N[C@@]1(CCC(=O)OC(C)(C)C)C(=O)N1CCOCC1. The van der Waals surface area contributed by atoms with Gasteiger partial charge in [-0.2, -0.15) is 0 Å². The lowest BCUT2D eigenvalue weighted by molar-refractivity contribution is -0.156. The average Bonchev–Trinajstić information content (AvgIpc) is 3.14. The highest BCUT2D eigenvalue weighted by Crippen LogP contribution is 2.35. The van der Waals surface area contributed by atoms with Gasteiger partial charge in [0.05, 0.1) is 19.8 Å². The number of benzene rings is 1. The van der Waals surface area contributed by atoms with E-state index in [1.165, 1.54) is 0 Å². The van der Waals surface area contributed by atoms with E-state index in [-0.39, 0.29) is 31.3 Å². The van der Waals surface area contributed by atoms with Gasteiger partial charge < -0.3 is 29.0 Å². The lowest BCUT2D eigenvalue weighted by atomic mass is 9.87. The largest absolute Gasteiger partial charge is 0.494 e. The summed E-state index contributed by atoms with van der Waals surface area (Å²) in [6, 6.07) is 7.24. The summed E-state index contributed by atoms with van der Waals surface area (Å²) in [5.74, 6) is 0.498. The zero-order valence-electron chi connectivity index (χ0n) is 20.5. The van der Waals surface area contributed by atoms with Crippen molar-refractivity contribution in [2.45, 2.75) is 64.2 Å². The summed E-state index contributed by atoms with van der Waals surface area (Å²) in [7, 11) is 0. The van der Waals surface area contributed by atoms with E-state index in [9.17, 15) is 9.59 Å². The molecule has 2 atom stereocenters. The number of aliphatic hydroxyl groups is 1. The summed E-state index contributed by atoms with van der Waals surface area (Å²) in [4.78, 5) is 32.7. The molecule has 1 aromatic rings. The Morgan fingerprint density at radius 3 is 2.50 bits per heavy atom. The van der Waals surface area contributed by atoms with E-state index < -0.39 is 17.2 Å². The van der Waals surface area contributed by atoms with Gasteiger partial charge in [0.25, 0.3) is 5.91 Å². The van der Waals surface area contributed by atoms with Crippen molar-refractivity contribution in [3.8, 4) is 5.75 Å². The Hall–Kier alpha value is -2.65. The van der Waals surface area contributed by atoms with E-state index in [0.29, 0.717) is 51.0 Å². The fourth-order valence-corrected chi connectivity index (χ4v) is 3.96. The quantitative estimate of drug-likeness (QED) is 0.431. The first kappa shape index (κ1) is 26.0. The van der Waals surface area contributed by atoms with Gasteiger partial charge in [-0.3, -0.25) is 9.59 Å². The molecule has 0 aromatic heterocycles. The van der Waals surface area contributed by atoms with Gasteiger partial charge in [-0.15, -0.1) is 0 Å². The van der Waals surface area contributed by atoms with Crippen molar-refractivity contribution in [3.05, 3.63) is 29.8 Å². The molecular weight excluding hydrogens is 440 g/mol. The molecule has 188 valence electrons. The first-order valence-corrected chi connectivity index (χ1v) is 11.8. The number of aliphatic imine (C=N–C) groups is 1. The van der Waals surface area contributed by atoms with Crippen LogP contribution in [0.4, 0.5) is 0 Å². The zero-order valence-corrected chi connectivity index (χ0v) is 20.5. The molecule has 1 amide bonds. The standard InChI is InChI=1S/C25H36N2O7/c1-18-25(11-10-21(29)34-24(2,3)4,23(30)27-12-16-31-17-13-27)26-22(33-18)19-6-8-20(9-7-19)32-15-5-14-28/h6-9,18,28H,5,10-17H2,1-4H3/t18-,25-/m1/s1. The van der Waals surface area contributed by atoms with Crippen molar-refractivity contribution in [1.29, 1.82) is 0 Å². The molecule has 9 heteroatoms. The average molecular weight is 477 g/mol. The van der Waals surface area contributed by atoms with E-state index in [0.717, 1.165) is 5.56 Å². The molecule has 0 aliphatic carbocycles. The number of carbonyl (C=O) groups excluding carboxylic acids is 2. The molecule has 1 aromatic carbocycles. The van der Waals surface area contributed by atoms with Gasteiger partial charge in [0.2, 0.25) is 5.90 Å². The van der Waals surface area contributed by atoms with E-state index in [4.69, 9.17) is 29.0 Å². The van der Waals surface area contributed by atoms with Crippen LogP contribution in [0.15, 0.2) is 29.3 Å². The van der Waals surface area contributed by atoms with E-state index >= 15 is 0 Å². The van der Waals surface area contributed by atoms with Crippen LogP contribution in [0.3, 0.4) is 0 Å². The van der Waals surface area contributed by atoms with Gasteiger partial charge >= 0.3 is 5.97 Å². The first-order chi connectivity index (χ1) is 16.1. The first-order valence-electron chi connectivity index (χ1n) is 11.8. The highest BCUT2D eigenvalue weighted by atomic mass is 16.6. The van der Waals surface area contributed by atoms with Crippen molar-refractivity contribution >= 4 is 17.8 Å². The summed E-state index contributed by atoms with van der Waals surface area (Å²) in [6.45, 7) is 9.65. The van der Waals surface area contributed by atoms with Gasteiger partial charge in [0.1, 0.15) is 17.5 Å². The van der Waals surface area contributed by atoms with Crippen LogP contribution in [0.25, 0.3) is 0 Å². The predicted octanol–water partition coefficient (Wildman–Crippen LogP) is 2.33. The number of aliphatic hydroxyl groups excluding tert-OH is 1. The monoisotopic (exact) mass is 476 g/mol. The number of rotatable bonds is 9. The third-order valence-electron chi connectivity index (χ3n) is 5.73. The Bertz CT molecular complexity index is 872. The van der Waals surface area contributed by atoms with E-state index in [1.54, 1.807) is 17.0 Å². The Balaban J connectivity index is 1.83. The topological polar surface area (TPSA) is 107 Å². The Kier molecular flexibility index (Phi) is 8.54. The maximum absolute atomic E-state index is 13.7. The molecule has 0 bridgehead atoms. The zero-order chi connectivity index (χ0) is 24.8. The molecule has 2 aliphatic rings. The predicted molar refractivity (Wildman–Crippen MR) is 126 cm³/mol. The number of amides is 1. The van der Waals surface area contributed by atoms with Crippen molar-refractivity contribution in [2.75, 3.05) is 39.5 Å². The van der Waals surface area contributed by atoms with Crippen LogP contribution in [-0.4, -0.2) is 84.5 Å². The van der Waals surface area contributed by atoms with Crippen LogP contribution >= 0.6 is 0 Å². The second-order valence-electron chi connectivity index (χ2n) is 9.54. The maximum atomic E-state index is 13.7. The van der Waals surface area contributed by atoms with Crippen LogP contribution in [0.5, 0.6) is 5.75 Å². The molecule has 3 rings (SSSR count). The molecule has 34 heavy (non-hydrogen) atoms. The number of nitrogens with zero attached hydrogens (tertiary/aromatic N) is 2. The summed E-state index contributed by atoms with van der Waals surface area (Å²) in [5.41, 5.74) is -1.11. The summed E-state index contributed by atoms with van der Waals surface area (Å²) >= 11 is 0. The van der Waals surface area contributed by atoms with Gasteiger partial charge in [-0.05, 0) is 58.4 Å². The highest BCUT2D eigenvalue weighted by Gasteiger charge is 2.52. The van der Waals surface area contributed by atoms with E-state index in [1.807, 2.05) is 39.8 Å². The Morgan fingerprint density at radius 2 is 1.88 bits per heavy atom. The number of ether oxygens (including phenoxy) is 4. The summed E-state index contributed by atoms with van der Waals surface area (Å²) < 4.78 is 22.5. The van der Waals surface area contributed by atoms with Gasteiger partial charge in [-0.1, -0.05) is 0 Å². The van der Waals surface area contributed by atoms with Crippen molar-refractivity contribution in [2.24, 2.45) is 4.99 Å². The van der Waals surface area contributed by atoms with Gasteiger partial charge in [0.15, 0.2) is 5.54 Å². The van der Waals surface area contributed by atoms with Crippen LogP contribution in [-0.2, 0) is 23.8 Å². The molecular formula is C25H36N2O7. The molecule has 1 saturated heterocycles. The third kappa shape index (κ3) is 6.48. The highest BCUT2D eigenvalue weighted by molar-refractivity contribution is 6.01. The molecule has 0 radical (unpaired) electrons. The van der Waals surface area contributed by atoms with Crippen LogP contribution < -0.4 is 4.74 Å². The molecule has 0 unspecified atom stereocenters. The van der Waals surface area contributed by atoms with Crippen molar-refractivity contribution in [1.82, 2.24) is 4.90 Å². The van der Waals surface area contributed by atoms with Crippen LogP contribution in [0.2, 0.25) is 0 Å². The fraction of sp³-hybridized carbons (Fsp3) is 0.640. The van der Waals surface area contributed by atoms with Crippen LogP contribution in [0, 0.1) is 0 Å². The number of esters is 1. The molecule has 2 aliphatic heterocycles. The Morgan fingerprint density at radius 1 is 1.21 bits per heavy atom. The normalized spacial score (nSPS) is 22.7. The van der Waals surface area contributed by atoms with Gasteiger partial charge in [-0.25, -0.2) is 4.99 Å². The van der Waals surface area contributed by atoms with Crippen molar-refractivity contribution in [3.63, 3.8) is 0 Å². The van der Waals surface area contributed by atoms with Crippen molar-refractivity contribution < 1.29 is 33.6 Å². The summed E-state index contributed by atoms with van der Waals surface area (Å²) in [5, 5.41) is 8.90. The molecule has 1 fully saturated rings. The second kappa shape index (κ2) is 11.2. The molecule has 0 saturated carbocycles. The van der Waals surface area contributed by atoms with Gasteiger partial charge in [0, 0.05) is 38.1 Å². The molecule has 9 nitrogen and oxygen atoms in total. The molecule has 1 N–H and O–H groups in total. The number of hydrogen-bond acceptors (Lipinski definition) is 8. The minimum atomic E-state index is -1.22. The van der Waals surface area contributed by atoms with Crippen LogP contribution in [0.1, 0.15) is 52.5 Å².